The number of carbonyl (C=O) groups excluding carboxylic acids is 2. The number of nitrogens with one attached hydrogen (secondary N) is 2. The number of H-pyrrole nitrogens is 1. The lowest BCUT2D eigenvalue weighted by molar-refractivity contribution is -0.132. The van der Waals surface area contributed by atoms with Gasteiger partial charge in [0.15, 0.2) is 0 Å². The Labute approximate surface area is 161 Å². The van der Waals surface area contributed by atoms with Crippen LogP contribution in [-0.2, 0) is 16.6 Å². The van der Waals surface area contributed by atoms with Gasteiger partial charge in [-0.05, 0) is 37.8 Å². The molecule has 1 saturated heterocycles. The van der Waals surface area contributed by atoms with Crippen molar-refractivity contribution < 1.29 is 9.59 Å². The maximum absolute atomic E-state index is 12.7. The number of amides is 3. The summed E-state index contributed by atoms with van der Waals surface area (Å²) in [5.41, 5.74) is 6.85. The molecule has 2 aliphatic rings. The first-order valence-corrected chi connectivity index (χ1v) is 9.34. The van der Waals surface area contributed by atoms with Gasteiger partial charge in [0.05, 0.1) is 12.2 Å². The van der Waals surface area contributed by atoms with Gasteiger partial charge in [0.2, 0.25) is 5.91 Å². The molecule has 3 heterocycles. The molecule has 1 aliphatic heterocycles. The van der Waals surface area contributed by atoms with Crippen LogP contribution in [0.4, 0.5) is 4.79 Å². The van der Waals surface area contributed by atoms with Crippen molar-refractivity contribution in [2.75, 3.05) is 19.6 Å². The Kier molecular flexibility index (Phi) is 4.58. The van der Waals surface area contributed by atoms with Gasteiger partial charge in [-0.1, -0.05) is 0 Å². The van der Waals surface area contributed by atoms with Gasteiger partial charge in [-0.2, -0.15) is 0 Å². The molecule has 1 spiro atoms. The molecule has 1 fully saturated rings. The van der Waals surface area contributed by atoms with E-state index < -0.39 is 6.03 Å². The summed E-state index contributed by atoms with van der Waals surface area (Å²) in [7, 11) is 0. The minimum absolute atomic E-state index is 0.123. The minimum Gasteiger partial charge on any atom is -0.352 e. The van der Waals surface area contributed by atoms with Crippen molar-refractivity contribution in [2.24, 2.45) is 5.73 Å². The first-order chi connectivity index (χ1) is 13.5. The second-order valence-electron chi connectivity index (χ2n) is 7.40. The van der Waals surface area contributed by atoms with Crippen LogP contribution in [0.2, 0.25) is 0 Å². The van der Waals surface area contributed by atoms with Gasteiger partial charge in [0.1, 0.15) is 5.82 Å². The standard InChI is InChI=1S/C19H22N6O3/c20-18(28)22-10-14(26)25-8-2-5-19(11-25)6-4-13-15(19)23-16(24-17(13)27)12-3-1-7-21-9-12/h1,3,7,9H,2,4-6,8,10-11H2,(H3,20,22,28)(H,23,24,27). The van der Waals surface area contributed by atoms with Crippen LogP contribution in [0.3, 0.4) is 0 Å². The molecule has 146 valence electrons. The summed E-state index contributed by atoms with van der Waals surface area (Å²) in [6.07, 6.45) is 6.45. The van der Waals surface area contributed by atoms with E-state index in [1.54, 1.807) is 23.4 Å². The van der Waals surface area contributed by atoms with Crippen LogP contribution in [0.5, 0.6) is 0 Å². The predicted octanol–water partition coefficient (Wildman–Crippen LogP) is 0.307. The number of pyridine rings is 1. The number of aromatic amines is 1. The second kappa shape index (κ2) is 7.06. The van der Waals surface area contributed by atoms with Crippen molar-refractivity contribution in [2.45, 2.75) is 31.1 Å². The highest BCUT2D eigenvalue weighted by molar-refractivity contribution is 5.83. The lowest BCUT2D eigenvalue weighted by Gasteiger charge is -2.40. The Balaban J connectivity index is 1.66. The number of urea groups is 1. The highest BCUT2D eigenvalue weighted by Gasteiger charge is 2.45. The van der Waals surface area contributed by atoms with Gasteiger partial charge >= 0.3 is 6.03 Å². The molecule has 28 heavy (non-hydrogen) atoms. The highest BCUT2D eigenvalue weighted by Crippen LogP contribution is 2.43. The molecule has 3 amide bonds. The van der Waals surface area contributed by atoms with Crippen LogP contribution in [0.1, 0.15) is 30.5 Å². The summed E-state index contributed by atoms with van der Waals surface area (Å²) in [4.78, 5) is 49.5. The largest absolute Gasteiger partial charge is 0.352 e. The first-order valence-electron chi connectivity index (χ1n) is 9.34. The van der Waals surface area contributed by atoms with Crippen molar-refractivity contribution in [3.63, 3.8) is 0 Å². The number of nitrogens with two attached hydrogens (primary N) is 1. The van der Waals surface area contributed by atoms with Crippen molar-refractivity contribution in [1.82, 2.24) is 25.2 Å². The van der Waals surface area contributed by atoms with Crippen molar-refractivity contribution in [3.8, 4) is 11.4 Å². The van der Waals surface area contributed by atoms with Gasteiger partial charge in [0.25, 0.3) is 5.56 Å². The molecule has 9 nitrogen and oxygen atoms in total. The molecular weight excluding hydrogens is 360 g/mol. The highest BCUT2D eigenvalue weighted by atomic mass is 16.2. The van der Waals surface area contributed by atoms with Crippen molar-refractivity contribution >= 4 is 11.9 Å². The van der Waals surface area contributed by atoms with Gasteiger partial charge in [-0.3, -0.25) is 14.6 Å². The number of fused-ring (bicyclic) bond motifs is 2. The molecule has 2 aromatic heterocycles. The van der Waals surface area contributed by atoms with E-state index in [9.17, 15) is 14.4 Å². The van der Waals surface area contributed by atoms with Crippen LogP contribution in [-0.4, -0.2) is 51.4 Å². The fourth-order valence-electron chi connectivity index (χ4n) is 4.31. The second-order valence-corrected chi connectivity index (χ2v) is 7.40. The number of hydrogen-bond donors (Lipinski definition) is 3. The molecule has 1 atom stereocenters. The molecule has 2 aromatic rings. The van der Waals surface area contributed by atoms with Crippen LogP contribution >= 0.6 is 0 Å². The smallest absolute Gasteiger partial charge is 0.312 e. The number of hydrogen-bond acceptors (Lipinski definition) is 5. The van der Waals surface area contributed by atoms with Crippen molar-refractivity contribution in [3.05, 3.63) is 46.1 Å². The molecule has 0 bridgehead atoms. The van der Waals surface area contributed by atoms with Crippen LogP contribution in [0.15, 0.2) is 29.3 Å². The zero-order valence-corrected chi connectivity index (χ0v) is 15.4. The molecule has 0 radical (unpaired) electrons. The van der Waals surface area contributed by atoms with Gasteiger partial charge < -0.3 is 20.9 Å². The Bertz CT molecular complexity index is 973. The van der Waals surface area contributed by atoms with E-state index in [1.165, 1.54) is 0 Å². The number of rotatable bonds is 3. The molecule has 9 heteroatoms. The Morgan fingerprint density at radius 2 is 2.21 bits per heavy atom. The molecular formula is C19H22N6O3. The van der Waals surface area contributed by atoms with Crippen LogP contribution < -0.4 is 16.6 Å². The van der Waals surface area contributed by atoms with E-state index in [4.69, 9.17) is 10.7 Å². The van der Waals surface area contributed by atoms with Gasteiger partial charge in [-0.25, -0.2) is 9.78 Å². The summed E-state index contributed by atoms with van der Waals surface area (Å²) in [6.45, 7) is 0.985. The summed E-state index contributed by atoms with van der Waals surface area (Å²) in [5.74, 6) is 0.320. The number of aromatic nitrogens is 3. The molecule has 0 saturated carbocycles. The summed E-state index contributed by atoms with van der Waals surface area (Å²) in [6, 6.07) is 2.93. The van der Waals surface area contributed by atoms with Gasteiger partial charge in [0, 0.05) is 42.0 Å². The van der Waals surface area contributed by atoms with E-state index in [1.807, 2.05) is 6.07 Å². The van der Waals surface area contributed by atoms with E-state index in [2.05, 4.69) is 15.3 Å². The van der Waals surface area contributed by atoms with Crippen LogP contribution in [0, 0.1) is 0 Å². The van der Waals surface area contributed by atoms with Crippen LogP contribution in [0.25, 0.3) is 11.4 Å². The lowest BCUT2D eigenvalue weighted by Crippen LogP contribution is -2.51. The maximum atomic E-state index is 12.7. The first kappa shape index (κ1) is 18.1. The van der Waals surface area contributed by atoms with Crippen molar-refractivity contribution in [1.29, 1.82) is 0 Å². The third-order valence-electron chi connectivity index (χ3n) is 5.65. The van der Waals surface area contributed by atoms with E-state index in [0.29, 0.717) is 30.9 Å². The predicted molar refractivity (Wildman–Crippen MR) is 101 cm³/mol. The summed E-state index contributed by atoms with van der Waals surface area (Å²) in [5, 5.41) is 2.35. The summed E-state index contributed by atoms with van der Waals surface area (Å²) >= 11 is 0. The average Bonchev–Trinajstić information content (AvgIpc) is 3.05. The molecule has 1 aliphatic carbocycles. The average molecular weight is 382 g/mol. The fourth-order valence-corrected chi connectivity index (χ4v) is 4.31. The molecule has 4 N–H and O–H groups in total. The van der Waals surface area contributed by atoms with Gasteiger partial charge in [-0.15, -0.1) is 0 Å². The Morgan fingerprint density at radius 1 is 1.36 bits per heavy atom. The summed E-state index contributed by atoms with van der Waals surface area (Å²) < 4.78 is 0. The lowest BCUT2D eigenvalue weighted by atomic mass is 9.77. The number of likely N-dealkylation sites (tertiary alicyclic amines) is 1. The number of piperidine rings is 1. The zero-order chi connectivity index (χ0) is 19.7. The topological polar surface area (TPSA) is 134 Å². The third kappa shape index (κ3) is 3.23. The Morgan fingerprint density at radius 3 is 2.96 bits per heavy atom. The normalized spacial score (nSPS) is 20.8. The SMILES string of the molecule is NC(=O)NCC(=O)N1CCCC2(CCc3c2nc(-c2cccnc2)[nH]c3=O)C1. The molecule has 1 unspecified atom stereocenters. The molecule has 0 aromatic carbocycles. The quantitative estimate of drug-likeness (QED) is 0.702. The molecule has 4 rings (SSSR count). The zero-order valence-electron chi connectivity index (χ0n) is 15.4. The third-order valence-corrected chi connectivity index (χ3v) is 5.65. The maximum Gasteiger partial charge on any atom is 0.312 e. The van der Waals surface area contributed by atoms with E-state index in [0.717, 1.165) is 30.5 Å². The number of carbonyl (C=O) groups is 2. The van der Waals surface area contributed by atoms with E-state index >= 15 is 0 Å². The number of nitrogens with zero attached hydrogens (tertiary/aromatic N) is 3. The Hall–Kier alpha value is -3.23. The minimum atomic E-state index is -0.722. The van der Waals surface area contributed by atoms with E-state index in [-0.39, 0.29) is 23.4 Å². The number of primary amides is 1. The monoisotopic (exact) mass is 382 g/mol. The fraction of sp³-hybridized carbons (Fsp3) is 0.421.